The summed E-state index contributed by atoms with van der Waals surface area (Å²) in [4.78, 5) is 73.2. The molecule has 2 aliphatic heterocycles. The maximum absolute atomic E-state index is 14.7. The molecule has 0 spiro atoms. The molecule has 7 rings (SSSR count). The van der Waals surface area contributed by atoms with Crippen molar-refractivity contribution in [1.82, 2.24) is 30.0 Å². The summed E-state index contributed by atoms with van der Waals surface area (Å²) in [5, 5.41) is 19.8. The van der Waals surface area contributed by atoms with Crippen molar-refractivity contribution in [2.24, 2.45) is 0 Å². The van der Waals surface area contributed by atoms with Crippen LogP contribution in [-0.2, 0) is 25.5 Å². The van der Waals surface area contributed by atoms with Crippen LogP contribution in [0.1, 0.15) is 87.1 Å². The van der Waals surface area contributed by atoms with Crippen molar-refractivity contribution in [1.29, 1.82) is 5.26 Å². The third kappa shape index (κ3) is 7.87. The Morgan fingerprint density at radius 2 is 1.87 bits per heavy atom. The summed E-state index contributed by atoms with van der Waals surface area (Å²) in [6.07, 6.45) is 6.20. The minimum absolute atomic E-state index is 0.0250. The van der Waals surface area contributed by atoms with Crippen LogP contribution in [0.15, 0.2) is 48.9 Å². The molecule has 1 aromatic carbocycles. The maximum atomic E-state index is 14.7. The first-order chi connectivity index (χ1) is 26.2. The lowest BCUT2D eigenvalue weighted by Gasteiger charge is -2.27. The molecule has 2 unspecified atom stereocenters. The van der Waals surface area contributed by atoms with Gasteiger partial charge in [0, 0.05) is 49.3 Å². The number of hydrogen-bond donors (Lipinski definition) is 2. The molecule has 2 fully saturated rings. The Hall–Kier alpha value is -5.92. The smallest absolute Gasteiger partial charge is 0.262 e. The van der Waals surface area contributed by atoms with Crippen molar-refractivity contribution in [2.45, 2.75) is 69.6 Å². The van der Waals surface area contributed by atoms with Crippen LogP contribution >= 0.6 is 0 Å². The van der Waals surface area contributed by atoms with Gasteiger partial charge in [0.2, 0.25) is 11.8 Å². The molecule has 1 saturated heterocycles. The number of pyridine rings is 2. The number of carbonyl (C=O) groups is 5. The third-order valence-corrected chi connectivity index (χ3v) is 9.53. The number of ether oxygens (including phenoxy) is 2. The van der Waals surface area contributed by atoms with Gasteiger partial charge in [-0.25, -0.2) is 14.4 Å². The molecule has 5 heterocycles. The van der Waals surface area contributed by atoms with Crippen molar-refractivity contribution >= 4 is 46.1 Å². The van der Waals surface area contributed by atoms with Crippen LogP contribution in [0.3, 0.4) is 0 Å². The monoisotopic (exact) mass is 736 g/mol. The van der Waals surface area contributed by atoms with Gasteiger partial charge in [-0.2, -0.15) is 15.0 Å². The summed E-state index contributed by atoms with van der Waals surface area (Å²) in [5.74, 6) is -1.97. The SMILES string of the molecule is N#Cc1cnc2c(cnn2-c2cc(NC3CC3)c(C(=O)CCC(F)COCCOCCCc3cccc4c3C(=O)N(C3CCC(=O)NC3=O)C4=O)cn2)c1. The molecule has 54 heavy (non-hydrogen) atoms. The van der Waals surface area contributed by atoms with Crippen LogP contribution < -0.4 is 10.6 Å². The molecule has 16 heteroatoms. The lowest BCUT2D eigenvalue weighted by atomic mass is 9.99. The number of nitrogens with one attached hydrogen (secondary N) is 2. The summed E-state index contributed by atoms with van der Waals surface area (Å²) >= 11 is 0. The van der Waals surface area contributed by atoms with Gasteiger partial charge in [-0.05, 0) is 56.2 Å². The van der Waals surface area contributed by atoms with Crippen LogP contribution in [0, 0.1) is 11.3 Å². The lowest BCUT2D eigenvalue weighted by molar-refractivity contribution is -0.136. The van der Waals surface area contributed by atoms with Gasteiger partial charge < -0.3 is 14.8 Å². The van der Waals surface area contributed by atoms with Crippen LogP contribution in [0.5, 0.6) is 0 Å². The Bertz CT molecular complexity index is 2180. The van der Waals surface area contributed by atoms with E-state index in [1.807, 2.05) is 0 Å². The molecule has 4 amide bonds. The van der Waals surface area contributed by atoms with Crippen molar-refractivity contribution < 1.29 is 37.8 Å². The van der Waals surface area contributed by atoms with Gasteiger partial charge in [0.25, 0.3) is 11.8 Å². The molecule has 3 aromatic heterocycles. The standard InChI is InChI=1S/C38H37FN8O7/c39-25(6-10-31(48)28-20-41-32(16-29(28)44-26-7-8-26)47-35-24(19-43-47)15-22(17-40)18-42-35)21-54-14-13-53-12-2-4-23-3-1-5-27-34(23)38(52)46(37(27)51)30-9-11-33(49)45-36(30)50/h1,3,5,15-16,18-20,25-26,30H,2,4,6-14,21H2,(H,41,44)(H,45,49,50). The van der Waals surface area contributed by atoms with Gasteiger partial charge in [0.15, 0.2) is 17.2 Å². The molecule has 15 nitrogen and oxygen atoms in total. The third-order valence-electron chi connectivity index (χ3n) is 9.53. The number of imide groups is 2. The number of nitriles is 1. The predicted octanol–water partition coefficient (Wildman–Crippen LogP) is 3.63. The average Bonchev–Trinajstić information content (AvgIpc) is 3.83. The number of anilines is 1. The van der Waals surface area contributed by atoms with Gasteiger partial charge in [-0.1, -0.05) is 12.1 Å². The highest BCUT2D eigenvalue weighted by Crippen LogP contribution is 2.31. The van der Waals surface area contributed by atoms with E-state index < -0.39 is 35.8 Å². The fraction of sp³-hybridized carbons (Fsp3) is 0.395. The number of aryl methyl sites for hydroxylation is 1. The molecule has 278 valence electrons. The number of nitrogens with zero attached hydrogens (tertiary/aromatic N) is 6. The Morgan fingerprint density at radius 1 is 1.04 bits per heavy atom. The molecule has 3 aliphatic rings. The minimum atomic E-state index is -1.36. The van der Waals surface area contributed by atoms with Gasteiger partial charge in [-0.15, -0.1) is 0 Å². The van der Waals surface area contributed by atoms with Crippen molar-refractivity contribution in [3.05, 3.63) is 76.7 Å². The number of ketones is 1. The van der Waals surface area contributed by atoms with Crippen LogP contribution in [-0.4, -0.2) is 98.7 Å². The Balaban J connectivity index is 0.832. The van der Waals surface area contributed by atoms with E-state index in [9.17, 15) is 28.4 Å². The first-order valence-electron chi connectivity index (χ1n) is 17.9. The van der Waals surface area contributed by atoms with E-state index in [-0.39, 0.29) is 68.5 Å². The van der Waals surface area contributed by atoms with Crippen LogP contribution in [0.25, 0.3) is 16.9 Å². The number of amides is 4. The fourth-order valence-corrected chi connectivity index (χ4v) is 6.59. The van der Waals surface area contributed by atoms with Gasteiger partial charge >= 0.3 is 0 Å². The molecular weight excluding hydrogens is 699 g/mol. The molecule has 1 saturated carbocycles. The van der Waals surface area contributed by atoms with E-state index >= 15 is 0 Å². The fourth-order valence-electron chi connectivity index (χ4n) is 6.59. The zero-order valence-electron chi connectivity index (χ0n) is 29.3. The molecule has 2 atom stereocenters. The summed E-state index contributed by atoms with van der Waals surface area (Å²) in [6, 6.07) is 9.71. The number of alkyl halides is 1. The number of benzene rings is 1. The number of aromatic nitrogens is 4. The number of hydrogen-bond acceptors (Lipinski definition) is 12. The first kappa shape index (κ1) is 36.4. The second-order valence-electron chi connectivity index (χ2n) is 13.4. The second-order valence-corrected chi connectivity index (χ2v) is 13.4. The minimum Gasteiger partial charge on any atom is -0.382 e. The van der Waals surface area contributed by atoms with Crippen molar-refractivity contribution in [3.63, 3.8) is 0 Å². The molecule has 0 radical (unpaired) electrons. The predicted molar refractivity (Wildman–Crippen MR) is 190 cm³/mol. The molecule has 4 aromatic rings. The quantitative estimate of drug-likeness (QED) is 0.0908. The molecule has 2 N–H and O–H groups in total. The normalized spacial score (nSPS) is 17.4. The Morgan fingerprint density at radius 3 is 2.67 bits per heavy atom. The highest BCUT2D eigenvalue weighted by atomic mass is 19.1. The largest absolute Gasteiger partial charge is 0.382 e. The number of fused-ring (bicyclic) bond motifs is 2. The van der Waals surface area contributed by atoms with Crippen LogP contribution in [0.4, 0.5) is 10.1 Å². The summed E-state index contributed by atoms with van der Waals surface area (Å²) < 4.78 is 27.4. The summed E-state index contributed by atoms with van der Waals surface area (Å²) in [7, 11) is 0. The van der Waals surface area contributed by atoms with Crippen molar-refractivity contribution in [3.8, 4) is 11.9 Å². The molecular formula is C38H37FN8O7. The highest BCUT2D eigenvalue weighted by molar-refractivity contribution is 6.24. The Kier molecular flexibility index (Phi) is 10.8. The van der Waals surface area contributed by atoms with Gasteiger partial charge in [0.05, 0.1) is 54.0 Å². The van der Waals surface area contributed by atoms with E-state index in [0.717, 1.165) is 17.7 Å². The number of Topliss-reactive ketones (excluding diaryl/α,β-unsaturated/α-hetero) is 1. The van der Waals surface area contributed by atoms with Gasteiger partial charge in [-0.3, -0.25) is 34.2 Å². The number of carbonyl (C=O) groups excluding carboxylic acids is 5. The zero-order chi connectivity index (χ0) is 37.8. The number of piperidine rings is 1. The number of rotatable bonds is 17. The molecule has 0 bridgehead atoms. The van der Waals surface area contributed by atoms with E-state index in [2.05, 4.69) is 31.8 Å². The van der Waals surface area contributed by atoms with E-state index in [1.54, 1.807) is 41.2 Å². The van der Waals surface area contributed by atoms with Crippen LogP contribution in [0.2, 0.25) is 0 Å². The molecule has 1 aliphatic carbocycles. The average molecular weight is 737 g/mol. The van der Waals surface area contributed by atoms with E-state index in [4.69, 9.17) is 14.7 Å². The second kappa shape index (κ2) is 16.0. The first-order valence-corrected chi connectivity index (χ1v) is 17.9. The highest BCUT2D eigenvalue weighted by Gasteiger charge is 2.45. The van der Waals surface area contributed by atoms with E-state index in [0.29, 0.717) is 58.7 Å². The van der Waals surface area contributed by atoms with Crippen molar-refractivity contribution in [2.75, 3.05) is 31.7 Å². The topological polar surface area (TPSA) is 198 Å². The van der Waals surface area contributed by atoms with Gasteiger partial charge in [0.1, 0.15) is 18.3 Å². The van der Waals surface area contributed by atoms with E-state index in [1.165, 1.54) is 12.4 Å². The Labute approximate surface area is 308 Å². The maximum Gasteiger partial charge on any atom is 0.262 e. The summed E-state index contributed by atoms with van der Waals surface area (Å²) in [5.41, 5.74) is 3.07. The lowest BCUT2D eigenvalue weighted by Crippen LogP contribution is -2.54. The zero-order valence-corrected chi connectivity index (χ0v) is 29.3. The number of halogens is 1. The summed E-state index contributed by atoms with van der Waals surface area (Å²) in [6.45, 7) is 0.509.